The lowest BCUT2D eigenvalue weighted by molar-refractivity contribution is 0.0929. The smallest absolute Gasteiger partial charge is 0.254 e. The highest BCUT2D eigenvalue weighted by atomic mass is 19.1. The highest BCUT2D eigenvalue weighted by Crippen LogP contribution is 2.18. The van der Waals surface area contributed by atoms with Crippen molar-refractivity contribution in [3.63, 3.8) is 0 Å². The minimum Gasteiger partial charge on any atom is -0.384 e. The number of rotatable bonds is 2. The number of hydrogen-bond acceptors (Lipinski definition) is 2. The van der Waals surface area contributed by atoms with Crippen LogP contribution in [0.4, 0.5) is 4.39 Å². The molecule has 3 nitrogen and oxygen atoms in total. The minimum absolute atomic E-state index is 0.0176. The number of aliphatic hydroxyl groups excluding tert-OH is 1. The summed E-state index contributed by atoms with van der Waals surface area (Å²) in [6, 6.07) is 4.31. The van der Waals surface area contributed by atoms with Crippen molar-refractivity contribution >= 4 is 5.91 Å². The van der Waals surface area contributed by atoms with Gasteiger partial charge in [0.05, 0.1) is 5.56 Å². The highest BCUT2D eigenvalue weighted by molar-refractivity contribution is 5.95. The zero-order valence-corrected chi connectivity index (χ0v) is 12.0. The van der Waals surface area contributed by atoms with Gasteiger partial charge in [0.25, 0.3) is 5.91 Å². The molecule has 2 rings (SSSR count). The Bertz CT molecular complexity index is 552. The van der Waals surface area contributed by atoms with Crippen LogP contribution in [0.2, 0.25) is 0 Å². The molecule has 112 valence electrons. The van der Waals surface area contributed by atoms with E-state index in [4.69, 9.17) is 5.11 Å². The van der Waals surface area contributed by atoms with Gasteiger partial charge in [-0.2, -0.15) is 0 Å². The number of benzene rings is 1. The van der Waals surface area contributed by atoms with Crippen LogP contribution in [0.15, 0.2) is 18.2 Å². The maximum atomic E-state index is 13.8. The van der Waals surface area contributed by atoms with Gasteiger partial charge >= 0.3 is 0 Å². The van der Waals surface area contributed by atoms with Crippen LogP contribution >= 0.6 is 0 Å². The Kier molecular flexibility index (Phi) is 5.77. The first-order chi connectivity index (χ1) is 10.2. The van der Waals surface area contributed by atoms with Gasteiger partial charge in [0.2, 0.25) is 0 Å². The lowest BCUT2D eigenvalue weighted by Crippen LogP contribution is -2.34. The van der Waals surface area contributed by atoms with E-state index < -0.39 is 5.82 Å². The van der Waals surface area contributed by atoms with Gasteiger partial charge in [0.15, 0.2) is 0 Å². The van der Waals surface area contributed by atoms with Crippen LogP contribution in [0.3, 0.4) is 0 Å². The molecule has 0 unspecified atom stereocenters. The van der Waals surface area contributed by atoms with E-state index in [1.807, 2.05) is 0 Å². The fourth-order valence-corrected chi connectivity index (χ4v) is 2.61. The van der Waals surface area contributed by atoms with Crippen molar-refractivity contribution in [2.24, 2.45) is 0 Å². The summed E-state index contributed by atoms with van der Waals surface area (Å²) in [5.74, 6) is 4.25. The topological polar surface area (TPSA) is 49.3 Å². The van der Waals surface area contributed by atoms with E-state index in [-0.39, 0.29) is 24.1 Å². The normalized spacial score (nSPS) is 15.7. The van der Waals surface area contributed by atoms with Crippen LogP contribution in [0.25, 0.3) is 0 Å². The molecule has 1 amide bonds. The molecule has 0 aliphatic heterocycles. The second-order valence-corrected chi connectivity index (χ2v) is 5.32. The van der Waals surface area contributed by atoms with E-state index in [1.54, 1.807) is 0 Å². The average molecular weight is 289 g/mol. The fourth-order valence-electron chi connectivity index (χ4n) is 2.61. The third kappa shape index (κ3) is 4.57. The summed E-state index contributed by atoms with van der Waals surface area (Å²) < 4.78 is 13.8. The van der Waals surface area contributed by atoms with E-state index in [9.17, 15) is 9.18 Å². The molecule has 21 heavy (non-hydrogen) atoms. The van der Waals surface area contributed by atoms with Crippen molar-refractivity contribution in [2.45, 2.75) is 44.6 Å². The molecule has 2 N–H and O–H groups in total. The molecule has 1 fully saturated rings. The van der Waals surface area contributed by atoms with Crippen LogP contribution < -0.4 is 5.32 Å². The summed E-state index contributed by atoms with van der Waals surface area (Å²) in [6.45, 7) is -0.263. The lowest BCUT2D eigenvalue weighted by Gasteiger charge is -2.16. The largest absolute Gasteiger partial charge is 0.384 e. The van der Waals surface area contributed by atoms with Gasteiger partial charge in [-0.1, -0.05) is 37.5 Å². The monoisotopic (exact) mass is 289 g/mol. The molecule has 1 aliphatic rings. The first kappa shape index (κ1) is 15.5. The van der Waals surface area contributed by atoms with Crippen LogP contribution in [0.1, 0.15) is 54.4 Å². The van der Waals surface area contributed by atoms with Gasteiger partial charge in [0, 0.05) is 11.6 Å². The van der Waals surface area contributed by atoms with Crippen LogP contribution in [0.5, 0.6) is 0 Å². The first-order valence-corrected chi connectivity index (χ1v) is 7.41. The Labute approximate surface area is 124 Å². The van der Waals surface area contributed by atoms with Crippen molar-refractivity contribution in [1.82, 2.24) is 5.32 Å². The van der Waals surface area contributed by atoms with E-state index in [0.717, 1.165) is 25.7 Å². The summed E-state index contributed by atoms with van der Waals surface area (Å²) in [5.41, 5.74) is 0.542. The second-order valence-electron chi connectivity index (χ2n) is 5.32. The molecule has 0 aromatic heterocycles. The molecular formula is C17H20FNO2. The Morgan fingerprint density at radius 2 is 2.00 bits per heavy atom. The van der Waals surface area contributed by atoms with Crippen molar-refractivity contribution in [3.8, 4) is 11.8 Å². The number of carbonyl (C=O) groups is 1. The predicted molar refractivity (Wildman–Crippen MR) is 79.3 cm³/mol. The third-order valence-corrected chi connectivity index (χ3v) is 3.71. The molecule has 1 saturated carbocycles. The molecule has 1 aromatic rings. The zero-order valence-electron chi connectivity index (χ0n) is 12.0. The summed E-state index contributed by atoms with van der Waals surface area (Å²) >= 11 is 0. The van der Waals surface area contributed by atoms with Crippen molar-refractivity contribution in [3.05, 3.63) is 35.1 Å². The number of aliphatic hydroxyl groups is 1. The quantitative estimate of drug-likeness (QED) is 0.649. The predicted octanol–water partition coefficient (Wildman–Crippen LogP) is 2.62. The Balaban J connectivity index is 2.10. The number of hydrogen-bond donors (Lipinski definition) is 2. The van der Waals surface area contributed by atoms with E-state index in [0.29, 0.717) is 5.56 Å². The molecule has 0 bridgehead atoms. The van der Waals surface area contributed by atoms with Gasteiger partial charge < -0.3 is 10.4 Å². The van der Waals surface area contributed by atoms with Gasteiger partial charge in [-0.25, -0.2) is 4.39 Å². The van der Waals surface area contributed by atoms with Crippen molar-refractivity contribution in [2.75, 3.05) is 6.61 Å². The maximum absolute atomic E-state index is 13.8. The van der Waals surface area contributed by atoms with E-state index in [1.165, 1.54) is 31.0 Å². The molecule has 1 aliphatic carbocycles. The second kappa shape index (κ2) is 7.80. The van der Waals surface area contributed by atoms with Gasteiger partial charge in [-0.05, 0) is 31.0 Å². The number of halogens is 1. The first-order valence-electron chi connectivity index (χ1n) is 7.41. The minimum atomic E-state index is -0.546. The third-order valence-electron chi connectivity index (χ3n) is 3.71. The summed E-state index contributed by atoms with van der Waals surface area (Å²) in [7, 11) is 0. The fraction of sp³-hybridized carbons (Fsp3) is 0.471. The van der Waals surface area contributed by atoms with Crippen LogP contribution in [0, 0.1) is 17.7 Å². The van der Waals surface area contributed by atoms with Crippen LogP contribution in [-0.2, 0) is 0 Å². The van der Waals surface area contributed by atoms with E-state index >= 15 is 0 Å². The molecule has 0 saturated heterocycles. The Morgan fingerprint density at radius 3 is 2.67 bits per heavy atom. The Hall–Kier alpha value is -1.86. The summed E-state index contributed by atoms with van der Waals surface area (Å²) in [5, 5.41) is 11.6. The highest BCUT2D eigenvalue weighted by Gasteiger charge is 2.18. The van der Waals surface area contributed by atoms with Crippen LogP contribution in [-0.4, -0.2) is 23.7 Å². The van der Waals surface area contributed by atoms with E-state index in [2.05, 4.69) is 17.2 Å². The SMILES string of the molecule is O=C(NC1CCCCCC1)c1cc(C#CCO)ccc1F. The summed E-state index contributed by atoms with van der Waals surface area (Å²) in [4.78, 5) is 12.2. The molecule has 0 spiro atoms. The lowest BCUT2D eigenvalue weighted by atomic mass is 10.1. The number of nitrogens with one attached hydrogen (secondary N) is 1. The number of carbonyl (C=O) groups excluding carboxylic acids is 1. The average Bonchev–Trinajstić information content (AvgIpc) is 2.75. The zero-order chi connectivity index (χ0) is 15.1. The molecular weight excluding hydrogens is 269 g/mol. The molecule has 0 atom stereocenters. The molecule has 0 radical (unpaired) electrons. The summed E-state index contributed by atoms with van der Waals surface area (Å²) in [6.07, 6.45) is 6.53. The molecule has 1 aromatic carbocycles. The maximum Gasteiger partial charge on any atom is 0.254 e. The van der Waals surface area contributed by atoms with Crippen molar-refractivity contribution in [1.29, 1.82) is 0 Å². The Morgan fingerprint density at radius 1 is 1.29 bits per heavy atom. The van der Waals surface area contributed by atoms with Crippen molar-refractivity contribution < 1.29 is 14.3 Å². The standard InChI is InChI=1S/C17H20FNO2/c18-16-10-9-13(6-5-11-20)12-15(16)17(21)19-14-7-3-1-2-4-8-14/h9-10,12,14,20H,1-4,7-8,11H2,(H,19,21). The van der Waals surface area contributed by atoms with Gasteiger partial charge in [-0.15, -0.1) is 0 Å². The number of amides is 1. The molecule has 4 heteroatoms. The molecule has 0 heterocycles. The van der Waals surface area contributed by atoms with Gasteiger partial charge in [0.1, 0.15) is 12.4 Å². The van der Waals surface area contributed by atoms with Gasteiger partial charge in [-0.3, -0.25) is 4.79 Å².